The van der Waals surface area contributed by atoms with Gasteiger partial charge >= 0.3 is 12.3 Å². The van der Waals surface area contributed by atoms with Gasteiger partial charge in [-0.25, -0.2) is 9.78 Å². The highest BCUT2D eigenvalue weighted by atomic mass is 19.4. The molecule has 2 heterocycles. The second kappa shape index (κ2) is 6.81. The molecule has 1 N–H and O–H groups in total. The van der Waals surface area contributed by atoms with E-state index < -0.39 is 23.9 Å². The van der Waals surface area contributed by atoms with Crippen molar-refractivity contribution < 1.29 is 32.5 Å². The van der Waals surface area contributed by atoms with Gasteiger partial charge in [-0.3, -0.25) is 4.40 Å². The summed E-state index contributed by atoms with van der Waals surface area (Å²) in [7, 11) is 0. The third-order valence-electron chi connectivity index (χ3n) is 4.22. The fraction of sp³-hybridized carbons (Fsp3) is 0.500. The largest absolute Gasteiger partial charge is 0.512 e. The van der Waals surface area contributed by atoms with Gasteiger partial charge in [-0.15, -0.1) is 0 Å². The Balaban J connectivity index is 1.94. The molecule has 9 heteroatoms. The number of aromatic nitrogens is 2. The molecule has 0 unspecified atom stereocenters. The van der Waals surface area contributed by atoms with Crippen LogP contribution in [0.3, 0.4) is 0 Å². The van der Waals surface area contributed by atoms with Crippen LogP contribution >= 0.6 is 0 Å². The van der Waals surface area contributed by atoms with Crippen molar-refractivity contribution in [3.63, 3.8) is 0 Å². The van der Waals surface area contributed by atoms with Crippen LogP contribution in [0, 0.1) is 5.92 Å². The van der Waals surface area contributed by atoms with Crippen molar-refractivity contribution in [3.05, 3.63) is 24.0 Å². The number of nitrogens with zero attached hydrogens (tertiary/aromatic N) is 2. The van der Waals surface area contributed by atoms with Crippen molar-refractivity contribution in [1.82, 2.24) is 9.38 Å². The Labute approximate surface area is 141 Å². The standard InChI is InChI=1S/C16H17F3N2O4/c17-16(18,19)12-14(25-15(22)23)21-8-4-7-11(13(21)20-12)24-9-10-5-2-1-3-6-10/h4,7-8,10H,1-3,5-6,9H2,(H,22,23). The number of alkyl halides is 3. The molecule has 6 nitrogen and oxygen atoms in total. The molecular weight excluding hydrogens is 341 g/mol. The van der Waals surface area contributed by atoms with E-state index in [9.17, 15) is 18.0 Å². The first-order valence-corrected chi connectivity index (χ1v) is 7.98. The predicted octanol–water partition coefficient (Wildman–Crippen LogP) is 4.37. The Hall–Kier alpha value is -2.45. The fourth-order valence-electron chi connectivity index (χ4n) is 3.06. The van der Waals surface area contributed by atoms with Crippen molar-refractivity contribution in [2.75, 3.05) is 6.61 Å². The fourth-order valence-corrected chi connectivity index (χ4v) is 3.06. The minimum absolute atomic E-state index is 0.123. The van der Waals surface area contributed by atoms with Gasteiger partial charge in [0.1, 0.15) is 0 Å². The third kappa shape index (κ3) is 3.80. The lowest BCUT2D eigenvalue weighted by Crippen LogP contribution is -2.15. The lowest BCUT2D eigenvalue weighted by Gasteiger charge is -2.21. The van der Waals surface area contributed by atoms with Crippen LogP contribution < -0.4 is 9.47 Å². The van der Waals surface area contributed by atoms with Crippen molar-refractivity contribution in [3.8, 4) is 11.6 Å². The summed E-state index contributed by atoms with van der Waals surface area (Å²) in [6.07, 6.45) is 0.0447. The topological polar surface area (TPSA) is 73.1 Å². The van der Waals surface area contributed by atoms with Gasteiger partial charge in [-0.05, 0) is 30.9 Å². The van der Waals surface area contributed by atoms with Crippen LogP contribution in [0.15, 0.2) is 18.3 Å². The molecule has 25 heavy (non-hydrogen) atoms. The van der Waals surface area contributed by atoms with Crippen LogP contribution in [0.2, 0.25) is 0 Å². The van der Waals surface area contributed by atoms with Crippen molar-refractivity contribution in [1.29, 1.82) is 0 Å². The molecule has 0 aromatic carbocycles. The highest BCUT2D eigenvalue weighted by Gasteiger charge is 2.40. The van der Waals surface area contributed by atoms with Crippen LogP contribution in [0.25, 0.3) is 5.65 Å². The molecule has 3 rings (SSSR count). The maximum Gasteiger partial charge on any atom is 0.512 e. The Morgan fingerprint density at radius 1 is 1.32 bits per heavy atom. The van der Waals surface area contributed by atoms with E-state index in [0.717, 1.165) is 30.1 Å². The monoisotopic (exact) mass is 358 g/mol. The molecule has 1 aliphatic carbocycles. The highest BCUT2D eigenvalue weighted by molar-refractivity contribution is 5.64. The van der Waals surface area contributed by atoms with E-state index in [1.807, 2.05) is 0 Å². The summed E-state index contributed by atoms with van der Waals surface area (Å²) in [6, 6.07) is 2.97. The molecule has 0 saturated heterocycles. The van der Waals surface area contributed by atoms with E-state index in [0.29, 0.717) is 12.5 Å². The Bertz CT molecular complexity index is 767. The first-order chi connectivity index (χ1) is 11.9. The predicted molar refractivity (Wildman–Crippen MR) is 80.9 cm³/mol. The van der Waals surface area contributed by atoms with Gasteiger partial charge in [0.15, 0.2) is 11.4 Å². The molecule has 1 saturated carbocycles. The summed E-state index contributed by atoms with van der Waals surface area (Å²) in [4.78, 5) is 14.3. The quantitative estimate of drug-likeness (QED) is 0.822. The van der Waals surface area contributed by atoms with Crippen LogP contribution in [0.1, 0.15) is 37.8 Å². The van der Waals surface area contributed by atoms with E-state index in [-0.39, 0.29) is 11.4 Å². The molecule has 136 valence electrons. The van der Waals surface area contributed by atoms with Gasteiger partial charge in [0.25, 0.3) is 0 Å². The van der Waals surface area contributed by atoms with E-state index in [4.69, 9.17) is 9.84 Å². The number of hydrogen-bond acceptors (Lipinski definition) is 4. The first-order valence-electron chi connectivity index (χ1n) is 7.98. The minimum Gasteiger partial charge on any atom is -0.489 e. The zero-order valence-electron chi connectivity index (χ0n) is 13.3. The molecule has 0 aliphatic heterocycles. The van der Waals surface area contributed by atoms with E-state index in [1.165, 1.54) is 24.8 Å². The van der Waals surface area contributed by atoms with Gasteiger partial charge in [-0.1, -0.05) is 19.3 Å². The zero-order chi connectivity index (χ0) is 18.0. The van der Waals surface area contributed by atoms with Crippen molar-refractivity contribution in [2.24, 2.45) is 5.92 Å². The van der Waals surface area contributed by atoms with Crippen LogP contribution in [-0.4, -0.2) is 27.3 Å². The van der Waals surface area contributed by atoms with Crippen molar-refractivity contribution >= 4 is 11.8 Å². The number of rotatable bonds is 4. The number of carboxylic acid groups (broad SMARTS) is 1. The molecule has 2 aromatic heterocycles. The maximum absolute atomic E-state index is 13.2. The van der Waals surface area contributed by atoms with Crippen LogP contribution in [0.5, 0.6) is 11.6 Å². The molecule has 0 radical (unpaired) electrons. The summed E-state index contributed by atoms with van der Waals surface area (Å²) in [5, 5.41) is 8.72. The number of halogens is 3. The van der Waals surface area contributed by atoms with E-state index >= 15 is 0 Å². The zero-order valence-corrected chi connectivity index (χ0v) is 13.3. The van der Waals surface area contributed by atoms with Gasteiger partial charge < -0.3 is 14.6 Å². The molecule has 1 aliphatic rings. The summed E-state index contributed by atoms with van der Waals surface area (Å²) in [5.74, 6) is -0.363. The smallest absolute Gasteiger partial charge is 0.489 e. The van der Waals surface area contributed by atoms with Gasteiger partial charge in [-0.2, -0.15) is 13.2 Å². The molecule has 0 spiro atoms. The summed E-state index contributed by atoms with van der Waals surface area (Å²) in [5.41, 5.74) is -1.52. The highest BCUT2D eigenvalue weighted by Crippen LogP contribution is 2.38. The molecule has 0 atom stereocenters. The van der Waals surface area contributed by atoms with Crippen molar-refractivity contribution in [2.45, 2.75) is 38.3 Å². The number of imidazole rings is 1. The number of hydrogen-bond donors (Lipinski definition) is 1. The average molecular weight is 358 g/mol. The third-order valence-corrected chi connectivity index (χ3v) is 4.22. The molecule has 0 amide bonds. The number of carbonyl (C=O) groups is 1. The number of fused-ring (bicyclic) bond motifs is 1. The average Bonchev–Trinajstić information content (AvgIpc) is 2.93. The summed E-state index contributed by atoms with van der Waals surface area (Å²) in [6.45, 7) is 0.392. The molecule has 0 bridgehead atoms. The summed E-state index contributed by atoms with van der Waals surface area (Å²) >= 11 is 0. The number of pyridine rings is 1. The number of ether oxygens (including phenoxy) is 2. The molecule has 1 fully saturated rings. The Kier molecular flexibility index (Phi) is 4.73. The minimum atomic E-state index is -4.85. The van der Waals surface area contributed by atoms with E-state index in [2.05, 4.69) is 9.72 Å². The molecule has 2 aromatic rings. The second-order valence-electron chi connectivity index (χ2n) is 6.01. The SMILES string of the molecule is O=C(O)Oc1c(C(F)(F)F)nc2c(OCC3CCCCC3)cccn12. The lowest BCUT2D eigenvalue weighted by molar-refractivity contribution is -0.141. The Morgan fingerprint density at radius 3 is 2.68 bits per heavy atom. The van der Waals surface area contributed by atoms with Crippen LogP contribution in [0.4, 0.5) is 18.0 Å². The van der Waals surface area contributed by atoms with E-state index in [1.54, 1.807) is 0 Å². The lowest BCUT2D eigenvalue weighted by atomic mass is 9.90. The van der Waals surface area contributed by atoms with Gasteiger partial charge in [0.2, 0.25) is 11.6 Å². The maximum atomic E-state index is 13.2. The van der Waals surface area contributed by atoms with Crippen LogP contribution in [-0.2, 0) is 6.18 Å². The Morgan fingerprint density at radius 2 is 2.04 bits per heavy atom. The van der Waals surface area contributed by atoms with Gasteiger partial charge in [0, 0.05) is 6.20 Å². The summed E-state index contributed by atoms with van der Waals surface area (Å²) < 4.78 is 50.4. The molecular formula is C16H17F3N2O4. The second-order valence-corrected chi connectivity index (χ2v) is 6.01. The van der Waals surface area contributed by atoms with Gasteiger partial charge in [0.05, 0.1) is 6.61 Å². The first kappa shape index (κ1) is 17.4. The normalized spacial score (nSPS) is 16.1.